The molecule has 7 heteroatoms. The van der Waals surface area contributed by atoms with Gasteiger partial charge in [0, 0.05) is 10.7 Å². The standard InChI is InChI=1S/C14H11ClF2O3S/c1-9-6-11(3-5-14(9)21(15,18)19)20-8-10-2-4-12(16)13(17)7-10/h2-7H,8H2,1H3. The lowest BCUT2D eigenvalue weighted by atomic mass is 10.2. The molecule has 0 unspecified atom stereocenters. The van der Waals surface area contributed by atoms with Gasteiger partial charge in [-0.3, -0.25) is 0 Å². The van der Waals surface area contributed by atoms with Gasteiger partial charge in [-0.05, 0) is 48.4 Å². The van der Waals surface area contributed by atoms with Crippen molar-refractivity contribution < 1.29 is 21.9 Å². The molecule has 0 saturated heterocycles. The fraction of sp³-hybridized carbons (Fsp3) is 0.143. The zero-order valence-electron chi connectivity index (χ0n) is 10.9. The number of benzene rings is 2. The highest BCUT2D eigenvalue weighted by molar-refractivity contribution is 8.13. The molecule has 0 atom stereocenters. The number of hydrogen-bond acceptors (Lipinski definition) is 3. The Morgan fingerprint density at radius 3 is 2.38 bits per heavy atom. The maximum absolute atomic E-state index is 13.0. The monoisotopic (exact) mass is 332 g/mol. The Bertz CT molecular complexity index is 776. The van der Waals surface area contributed by atoms with Crippen LogP contribution in [-0.4, -0.2) is 8.42 Å². The van der Waals surface area contributed by atoms with Crippen LogP contribution in [0.15, 0.2) is 41.3 Å². The first-order valence-electron chi connectivity index (χ1n) is 5.89. The van der Waals surface area contributed by atoms with Crippen molar-refractivity contribution in [2.75, 3.05) is 0 Å². The second-order valence-corrected chi connectivity index (χ2v) is 6.94. The van der Waals surface area contributed by atoms with Gasteiger partial charge < -0.3 is 4.74 Å². The maximum atomic E-state index is 13.0. The van der Waals surface area contributed by atoms with Crippen LogP contribution >= 0.6 is 10.7 Å². The van der Waals surface area contributed by atoms with Crippen molar-refractivity contribution >= 4 is 19.7 Å². The molecule has 2 aromatic carbocycles. The summed E-state index contributed by atoms with van der Waals surface area (Å²) in [7, 11) is 1.47. The highest BCUT2D eigenvalue weighted by Crippen LogP contribution is 2.24. The molecule has 0 spiro atoms. The van der Waals surface area contributed by atoms with Gasteiger partial charge >= 0.3 is 0 Å². The van der Waals surface area contributed by atoms with E-state index in [1.54, 1.807) is 6.92 Å². The van der Waals surface area contributed by atoms with Crippen LogP contribution in [0.1, 0.15) is 11.1 Å². The van der Waals surface area contributed by atoms with E-state index in [1.165, 1.54) is 24.3 Å². The predicted octanol–water partition coefficient (Wildman–Crippen LogP) is 3.78. The van der Waals surface area contributed by atoms with Crippen molar-refractivity contribution in [1.82, 2.24) is 0 Å². The minimum atomic E-state index is -3.80. The molecule has 0 bridgehead atoms. The Morgan fingerprint density at radius 2 is 1.81 bits per heavy atom. The third-order valence-electron chi connectivity index (χ3n) is 2.80. The van der Waals surface area contributed by atoms with Crippen LogP contribution < -0.4 is 4.74 Å². The summed E-state index contributed by atoms with van der Waals surface area (Å²) in [5, 5.41) is 0. The lowest BCUT2D eigenvalue weighted by molar-refractivity contribution is 0.304. The van der Waals surface area contributed by atoms with Gasteiger partial charge in [0.1, 0.15) is 12.4 Å². The quantitative estimate of drug-likeness (QED) is 0.800. The van der Waals surface area contributed by atoms with Crippen molar-refractivity contribution in [2.24, 2.45) is 0 Å². The number of ether oxygens (including phenoxy) is 1. The van der Waals surface area contributed by atoms with E-state index < -0.39 is 20.7 Å². The van der Waals surface area contributed by atoms with E-state index in [2.05, 4.69) is 0 Å². The van der Waals surface area contributed by atoms with Crippen molar-refractivity contribution in [1.29, 1.82) is 0 Å². The molecule has 0 fully saturated rings. The van der Waals surface area contributed by atoms with Crippen molar-refractivity contribution in [3.05, 3.63) is 59.2 Å². The summed E-state index contributed by atoms with van der Waals surface area (Å²) in [6, 6.07) is 7.75. The van der Waals surface area contributed by atoms with Crippen molar-refractivity contribution in [2.45, 2.75) is 18.4 Å². The van der Waals surface area contributed by atoms with Gasteiger partial charge in [0.15, 0.2) is 11.6 Å². The molecule has 0 aromatic heterocycles. The van der Waals surface area contributed by atoms with E-state index in [0.717, 1.165) is 12.1 Å². The fourth-order valence-corrected chi connectivity index (χ4v) is 2.97. The Hall–Kier alpha value is -1.66. The lowest BCUT2D eigenvalue weighted by Crippen LogP contribution is -1.99. The van der Waals surface area contributed by atoms with E-state index in [-0.39, 0.29) is 11.5 Å². The van der Waals surface area contributed by atoms with E-state index in [1.807, 2.05) is 0 Å². The third kappa shape index (κ3) is 3.92. The number of aryl methyl sites for hydroxylation is 1. The van der Waals surface area contributed by atoms with Crippen LogP contribution in [-0.2, 0) is 15.7 Å². The molecule has 21 heavy (non-hydrogen) atoms. The molecular weight excluding hydrogens is 322 g/mol. The second-order valence-electron chi connectivity index (χ2n) is 4.40. The van der Waals surface area contributed by atoms with Gasteiger partial charge in [-0.1, -0.05) is 6.07 Å². The Morgan fingerprint density at radius 1 is 1.10 bits per heavy atom. The largest absolute Gasteiger partial charge is 0.489 e. The molecule has 0 aliphatic carbocycles. The number of hydrogen-bond donors (Lipinski definition) is 0. The van der Waals surface area contributed by atoms with Crippen LogP contribution in [0.2, 0.25) is 0 Å². The molecule has 0 aliphatic rings. The van der Waals surface area contributed by atoms with Crippen molar-refractivity contribution in [3.8, 4) is 5.75 Å². The smallest absolute Gasteiger partial charge is 0.261 e. The van der Waals surface area contributed by atoms with Gasteiger partial charge in [-0.25, -0.2) is 17.2 Å². The molecule has 3 nitrogen and oxygen atoms in total. The Kier molecular flexibility index (Phi) is 4.49. The van der Waals surface area contributed by atoms with Gasteiger partial charge in [0.05, 0.1) is 4.90 Å². The molecule has 0 aliphatic heterocycles. The molecule has 2 rings (SSSR count). The van der Waals surface area contributed by atoms with E-state index in [9.17, 15) is 17.2 Å². The maximum Gasteiger partial charge on any atom is 0.261 e. The zero-order valence-corrected chi connectivity index (χ0v) is 12.5. The first-order valence-corrected chi connectivity index (χ1v) is 8.20. The zero-order chi connectivity index (χ0) is 15.6. The molecule has 0 N–H and O–H groups in total. The summed E-state index contributed by atoms with van der Waals surface area (Å²) in [6.07, 6.45) is 0. The highest BCUT2D eigenvalue weighted by Gasteiger charge is 2.13. The van der Waals surface area contributed by atoms with Gasteiger partial charge in [-0.15, -0.1) is 0 Å². The van der Waals surface area contributed by atoms with Crippen LogP contribution in [0.4, 0.5) is 8.78 Å². The van der Waals surface area contributed by atoms with Gasteiger partial charge in [0.2, 0.25) is 0 Å². The normalized spacial score (nSPS) is 11.4. The number of halogens is 3. The van der Waals surface area contributed by atoms with Gasteiger partial charge in [-0.2, -0.15) is 0 Å². The summed E-state index contributed by atoms with van der Waals surface area (Å²) >= 11 is 0. The minimum Gasteiger partial charge on any atom is -0.489 e. The van der Waals surface area contributed by atoms with Crippen LogP contribution in [0.3, 0.4) is 0 Å². The molecule has 112 valence electrons. The Balaban J connectivity index is 2.14. The van der Waals surface area contributed by atoms with Crippen LogP contribution in [0, 0.1) is 18.6 Å². The first-order chi connectivity index (χ1) is 9.77. The molecule has 0 radical (unpaired) electrons. The second kappa shape index (κ2) is 5.99. The third-order valence-corrected chi connectivity index (χ3v) is 4.28. The molecule has 0 heterocycles. The minimum absolute atomic E-state index is 0.00402. The summed E-state index contributed by atoms with van der Waals surface area (Å²) in [4.78, 5) is 0.00402. The average molecular weight is 333 g/mol. The SMILES string of the molecule is Cc1cc(OCc2ccc(F)c(F)c2)ccc1S(=O)(=O)Cl. The predicted molar refractivity (Wildman–Crippen MR) is 74.9 cm³/mol. The van der Waals surface area contributed by atoms with Crippen molar-refractivity contribution in [3.63, 3.8) is 0 Å². The summed E-state index contributed by atoms with van der Waals surface area (Å²) < 4.78 is 53.8. The molecule has 0 amide bonds. The molecular formula is C14H11ClF2O3S. The number of rotatable bonds is 4. The van der Waals surface area contributed by atoms with Gasteiger partial charge in [0.25, 0.3) is 9.05 Å². The molecule has 2 aromatic rings. The van der Waals surface area contributed by atoms with E-state index in [0.29, 0.717) is 16.9 Å². The highest BCUT2D eigenvalue weighted by atomic mass is 35.7. The summed E-state index contributed by atoms with van der Waals surface area (Å²) in [6.45, 7) is 1.61. The van der Waals surface area contributed by atoms with E-state index in [4.69, 9.17) is 15.4 Å². The topological polar surface area (TPSA) is 43.4 Å². The Labute approximate surface area is 125 Å². The summed E-state index contributed by atoms with van der Waals surface area (Å²) in [5.41, 5.74) is 0.897. The molecule has 0 saturated carbocycles. The summed E-state index contributed by atoms with van der Waals surface area (Å²) in [5.74, 6) is -1.47. The van der Waals surface area contributed by atoms with E-state index >= 15 is 0 Å². The average Bonchev–Trinajstić information content (AvgIpc) is 2.39. The fourth-order valence-electron chi connectivity index (χ4n) is 1.78. The van der Waals surface area contributed by atoms with Crippen LogP contribution in [0.5, 0.6) is 5.75 Å². The first kappa shape index (κ1) is 15.7. The van der Waals surface area contributed by atoms with Crippen LogP contribution in [0.25, 0.3) is 0 Å². The lowest BCUT2D eigenvalue weighted by Gasteiger charge is -2.09.